The van der Waals surface area contributed by atoms with Crippen LogP contribution in [0.15, 0.2) is 10.6 Å². The third-order valence-corrected chi connectivity index (χ3v) is 6.46. The molecule has 2 saturated carbocycles. The van der Waals surface area contributed by atoms with Gasteiger partial charge in [-0.05, 0) is 44.9 Å². The van der Waals surface area contributed by atoms with E-state index in [9.17, 15) is 14.7 Å². The number of carbonyl (C=O) groups is 2. The molecule has 0 radical (unpaired) electrons. The van der Waals surface area contributed by atoms with Crippen LogP contribution in [-0.2, 0) is 4.79 Å². The molecule has 1 aromatic rings. The van der Waals surface area contributed by atoms with Crippen molar-refractivity contribution in [3.63, 3.8) is 0 Å². The number of nitrogens with two attached hydrogens (primary N) is 1. The van der Waals surface area contributed by atoms with Crippen LogP contribution in [-0.4, -0.2) is 58.8 Å². The van der Waals surface area contributed by atoms with Gasteiger partial charge in [-0.15, -0.1) is 0 Å². The number of aromatic nitrogens is 1. The van der Waals surface area contributed by atoms with Crippen molar-refractivity contribution in [2.24, 2.45) is 17.6 Å². The fourth-order valence-corrected chi connectivity index (χ4v) is 4.43. The van der Waals surface area contributed by atoms with Crippen molar-refractivity contribution in [1.82, 2.24) is 15.4 Å². The Bertz CT molecular complexity index is 709. The largest absolute Gasteiger partial charge is 0.396 e. The van der Waals surface area contributed by atoms with E-state index >= 15 is 0 Å². The van der Waals surface area contributed by atoms with Gasteiger partial charge in [0.05, 0.1) is 0 Å². The van der Waals surface area contributed by atoms with Gasteiger partial charge in [0.25, 0.3) is 5.91 Å². The fourth-order valence-electron chi connectivity index (χ4n) is 4.43. The van der Waals surface area contributed by atoms with E-state index in [2.05, 4.69) is 10.5 Å². The standard InChI is InChI=1S/C20H30N4O4/c21-15-5-3-13(4-6-15)20(27)24-8-7-16(14(10-24)11-25)22-19(26)17-9-18(28-23-17)12-1-2-12/h9,12-16,25H,1-8,10-11,21H2,(H,22,26)/t13-,14-,15-,16-/m0/s1. The third-order valence-electron chi connectivity index (χ3n) is 6.46. The first-order valence-electron chi connectivity index (χ1n) is 10.5. The highest BCUT2D eigenvalue weighted by molar-refractivity contribution is 5.92. The molecular formula is C20H30N4O4. The molecule has 1 saturated heterocycles. The maximum atomic E-state index is 12.8. The zero-order valence-corrected chi connectivity index (χ0v) is 16.2. The lowest BCUT2D eigenvalue weighted by Gasteiger charge is -2.40. The monoisotopic (exact) mass is 390 g/mol. The van der Waals surface area contributed by atoms with Crippen LogP contribution in [0.1, 0.15) is 67.1 Å². The van der Waals surface area contributed by atoms with Crippen molar-refractivity contribution in [1.29, 1.82) is 0 Å². The molecule has 2 heterocycles. The van der Waals surface area contributed by atoms with Crippen molar-refractivity contribution < 1.29 is 19.2 Å². The molecule has 1 aromatic heterocycles. The number of carbonyl (C=O) groups excluding carboxylic acids is 2. The molecule has 2 atom stereocenters. The molecule has 0 bridgehead atoms. The number of likely N-dealkylation sites (tertiary alicyclic amines) is 1. The summed E-state index contributed by atoms with van der Waals surface area (Å²) < 4.78 is 5.25. The molecule has 1 aliphatic heterocycles. The number of aliphatic hydroxyl groups is 1. The van der Waals surface area contributed by atoms with E-state index in [-0.39, 0.29) is 48.0 Å². The Morgan fingerprint density at radius 3 is 2.64 bits per heavy atom. The van der Waals surface area contributed by atoms with Gasteiger partial charge in [-0.25, -0.2) is 0 Å². The van der Waals surface area contributed by atoms with E-state index in [0.717, 1.165) is 44.3 Å². The van der Waals surface area contributed by atoms with E-state index in [1.807, 2.05) is 4.90 Å². The predicted molar refractivity (Wildman–Crippen MR) is 101 cm³/mol. The first kappa shape index (κ1) is 19.4. The van der Waals surface area contributed by atoms with E-state index in [4.69, 9.17) is 10.3 Å². The van der Waals surface area contributed by atoms with Gasteiger partial charge < -0.3 is 25.6 Å². The highest BCUT2D eigenvalue weighted by atomic mass is 16.5. The minimum Gasteiger partial charge on any atom is -0.396 e. The van der Waals surface area contributed by atoms with Crippen LogP contribution in [0.25, 0.3) is 0 Å². The topological polar surface area (TPSA) is 122 Å². The third kappa shape index (κ3) is 4.22. The first-order valence-corrected chi connectivity index (χ1v) is 10.5. The molecule has 0 spiro atoms. The number of hydrogen-bond acceptors (Lipinski definition) is 6. The lowest BCUT2D eigenvalue weighted by atomic mass is 9.84. The SMILES string of the molecule is N[C@H]1CC[C@H](C(=O)N2CC[C@H](NC(=O)c3cc(C4CC4)on3)[C@H](CO)C2)CC1. The second-order valence-electron chi connectivity index (χ2n) is 8.60. The van der Waals surface area contributed by atoms with E-state index in [1.54, 1.807) is 6.07 Å². The maximum absolute atomic E-state index is 12.8. The van der Waals surface area contributed by atoms with Gasteiger partial charge in [-0.3, -0.25) is 9.59 Å². The average Bonchev–Trinajstić information content (AvgIpc) is 3.44. The smallest absolute Gasteiger partial charge is 0.273 e. The lowest BCUT2D eigenvalue weighted by Crippen LogP contribution is -2.54. The lowest BCUT2D eigenvalue weighted by molar-refractivity contribution is -0.139. The predicted octanol–water partition coefficient (Wildman–Crippen LogP) is 1.01. The van der Waals surface area contributed by atoms with Gasteiger partial charge >= 0.3 is 0 Å². The molecule has 4 N–H and O–H groups in total. The molecular weight excluding hydrogens is 360 g/mol. The zero-order chi connectivity index (χ0) is 19.7. The summed E-state index contributed by atoms with van der Waals surface area (Å²) in [6.07, 6.45) is 6.28. The Morgan fingerprint density at radius 1 is 1.21 bits per heavy atom. The van der Waals surface area contributed by atoms with Gasteiger partial charge in [-0.1, -0.05) is 5.16 Å². The highest BCUT2D eigenvalue weighted by Crippen LogP contribution is 2.40. The maximum Gasteiger partial charge on any atom is 0.273 e. The molecule has 154 valence electrons. The molecule has 8 heteroatoms. The van der Waals surface area contributed by atoms with Crippen LogP contribution in [0.3, 0.4) is 0 Å². The van der Waals surface area contributed by atoms with E-state index < -0.39 is 0 Å². The summed E-state index contributed by atoms with van der Waals surface area (Å²) in [6, 6.07) is 1.75. The Morgan fingerprint density at radius 2 is 1.96 bits per heavy atom. The minimum absolute atomic E-state index is 0.0428. The average molecular weight is 390 g/mol. The van der Waals surface area contributed by atoms with Crippen LogP contribution >= 0.6 is 0 Å². The molecule has 4 rings (SSSR count). The van der Waals surface area contributed by atoms with Crippen LogP contribution in [0.4, 0.5) is 0 Å². The quantitative estimate of drug-likeness (QED) is 0.690. The number of nitrogens with one attached hydrogen (secondary N) is 1. The molecule has 3 aliphatic rings. The van der Waals surface area contributed by atoms with Crippen molar-refractivity contribution >= 4 is 11.8 Å². The Hall–Kier alpha value is -1.93. The molecule has 8 nitrogen and oxygen atoms in total. The summed E-state index contributed by atoms with van der Waals surface area (Å²) in [4.78, 5) is 27.2. The number of nitrogens with zero attached hydrogens (tertiary/aromatic N) is 2. The van der Waals surface area contributed by atoms with Crippen molar-refractivity contribution in [2.75, 3.05) is 19.7 Å². The Labute approximate surface area is 164 Å². The number of amides is 2. The van der Waals surface area contributed by atoms with Crippen LogP contribution in [0.5, 0.6) is 0 Å². The van der Waals surface area contributed by atoms with E-state index in [0.29, 0.717) is 25.4 Å². The van der Waals surface area contributed by atoms with Crippen molar-refractivity contribution in [2.45, 2.75) is 62.9 Å². The molecule has 0 unspecified atom stereocenters. The van der Waals surface area contributed by atoms with Gasteiger partial charge in [0, 0.05) is 55.6 Å². The molecule has 28 heavy (non-hydrogen) atoms. The summed E-state index contributed by atoms with van der Waals surface area (Å²) in [5.41, 5.74) is 6.23. The number of piperidine rings is 1. The summed E-state index contributed by atoms with van der Waals surface area (Å²) in [5.74, 6) is 0.934. The molecule has 2 amide bonds. The molecule has 0 aromatic carbocycles. The summed E-state index contributed by atoms with van der Waals surface area (Å²) in [7, 11) is 0. The van der Waals surface area contributed by atoms with Crippen LogP contribution in [0, 0.1) is 11.8 Å². The van der Waals surface area contributed by atoms with Crippen molar-refractivity contribution in [3.8, 4) is 0 Å². The first-order chi connectivity index (χ1) is 13.5. The Balaban J connectivity index is 1.32. The highest BCUT2D eigenvalue weighted by Gasteiger charge is 2.36. The fraction of sp³-hybridized carbons (Fsp3) is 0.750. The summed E-state index contributed by atoms with van der Waals surface area (Å²) >= 11 is 0. The number of rotatable bonds is 5. The second-order valence-corrected chi connectivity index (χ2v) is 8.60. The molecule has 3 fully saturated rings. The number of hydrogen-bond donors (Lipinski definition) is 3. The minimum atomic E-state index is -0.278. The van der Waals surface area contributed by atoms with Crippen LogP contribution in [0.2, 0.25) is 0 Å². The van der Waals surface area contributed by atoms with Gasteiger partial charge in [0.1, 0.15) is 5.76 Å². The normalized spacial score (nSPS) is 30.9. The Kier molecular flexibility index (Phi) is 5.68. The van der Waals surface area contributed by atoms with E-state index in [1.165, 1.54) is 0 Å². The van der Waals surface area contributed by atoms with Gasteiger partial charge in [0.2, 0.25) is 5.91 Å². The number of aliphatic hydroxyl groups excluding tert-OH is 1. The second kappa shape index (κ2) is 8.21. The zero-order valence-electron chi connectivity index (χ0n) is 16.2. The van der Waals surface area contributed by atoms with Gasteiger partial charge in [-0.2, -0.15) is 0 Å². The summed E-state index contributed by atoms with van der Waals surface area (Å²) in [6.45, 7) is 0.986. The van der Waals surface area contributed by atoms with Crippen molar-refractivity contribution in [3.05, 3.63) is 17.5 Å². The van der Waals surface area contributed by atoms with Crippen LogP contribution < -0.4 is 11.1 Å². The summed E-state index contributed by atoms with van der Waals surface area (Å²) in [5, 5.41) is 16.7. The van der Waals surface area contributed by atoms with Gasteiger partial charge in [0.15, 0.2) is 5.69 Å². The molecule has 2 aliphatic carbocycles.